The molecule has 0 N–H and O–H groups in total. The molecular weight excluding hydrogens is 543 g/mol. The van der Waals surface area contributed by atoms with Crippen LogP contribution in [0, 0.1) is 0 Å². The quantitative estimate of drug-likeness (QED) is 0.208. The minimum Gasteiger partial charge on any atom is -0.256 e. The average Bonchev–Trinajstić information content (AvgIpc) is 3.48. The predicted molar refractivity (Wildman–Crippen MR) is 180 cm³/mol. The zero-order chi connectivity index (χ0) is 28.6. The summed E-state index contributed by atoms with van der Waals surface area (Å²) in [6, 6.07) is 50.5. The van der Waals surface area contributed by atoms with Crippen molar-refractivity contribution in [2.75, 3.05) is 0 Å². The van der Waals surface area contributed by atoms with Crippen LogP contribution in [0.4, 0.5) is 0 Å². The maximum atomic E-state index is 5.00. The van der Waals surface area contributed by atoms with Crippen LogP contribution in [0.3, 0.4) is 0 Å². The summed E-state index contributed by atoms with van der Waals surface area (Å²) in [5.41, 5.74) is 9.26. The van der Waals surface area contributed by atoms with Gasteiger partial charge in [0.15, 0.2) is 5.82 Å². The van der Waals surface area contributed by atoms with Gasteiger partial charge in [-0.25, -0.2) is 9.97 Å². The molecule has 4 heteroatoms. The Morgan fingerprint density at radius 2 is 1.05 bits per heavy atom. The Morgan fingerprint density at radius 3 is 1.81 bits per heavy atom. The third-order valence-corrected chi connectivity index (χ3v) is 8.92. The van der Waals surface area contributed by atoms with E-state index in [4.69, 9.17) is 15.0 Å². The maximum Gasteiger partial charge on any atom is 0.160 e. The van der Waals surface area contributed by atoms with Gasteiger partial charge in [0.25, 0.3) is 0 Å². The second-order valence-electron chi connectivity index (χ2n) is 10.4. The van der Waals surface area contributed by atoms with Gasteiger partial charge in [-0.1, -0.05) is 121 Å². The molecule has 3 nitrogen and oxygen atoms in total. The number of hydrogen-bond acceptors (Lipinski definition) is 4. The van der Waals surface area contributed by atoms with Gasteiger partial charge in [0.05, 0.1) is 17.1 Å². The predicted octanol–water partition coefficient (Wildman–Crippen LogP) is 10.6. The van der Waals surface area contributed by atoms with Gasteiger partial charge in [0.2, 0.25) is 0 Å². The monoisotopic (exact) mass is 567 g/mol. The van der Waals surface area contributed by atoms with E-state index in [9.17, 15) is 0 Å². The van der Waals surface area contributed by atoms with Crippen molar-refractivity contribution in [1.29, 1.82) is 0 Å². The van der Waals surface area contributed by atoms with Crippen molar-refractivity contribution >= 4 is 31.5 Å². The molecular formula is C39H25N3S. The number of nitrogens with zero attached hydrogens (tertiary/aromatic N) is 3. The van der Waals surface area contributed by atoms with E-state index in [-0.39, 0.29) is 0 Å². The van der Waals surface area contributed by atoms with Crippen LogP contribution in [0.2, 0.25) is 0 Å². The zero-order valence-electron chi connectivity index (χ0n) is 23.2. The Morgan fingerprint density at radius 1 is 0.442 bits per heavy atom. The number of fused-ring (bicyclic) bond motifs is 3. The van der Waals surface area contributed by atoms with Gasteiger partial charge < -0.3 is 0 Å². The SMILES string of the molecule is c1ccc(-c2cc(-c3ccc(-c4cccnc4-c4cccc5sc6ccccc6c45)cc3)nc(-c3ccccc3)n2)cc1. The van der Waals surface area contributed by atoms with Crippen molar-refractivity contribution < 1.29 is 0 Å². The number of aromatic nitrogens is 3. The Kier molecular flexibility index (Phi) is 6.32. The molecule has 0 aliphatic carbocycles. The van der Waals surface area contributed by atoms with Crippen LogP contribution >= 0.6 is 11.3 Å². The van der Waals surface area contributed by atoms with Crippen LogP contribution in [0.25, 0.3) is 76.5 Å². The van der Waals surface area contributed by atoms with E-state index in [0.717, 1.165) is 50.5 Å². The zero-order valence-corrected chi connectivity index (χ0v) is 24.0. The number of hydrogen-bond donors (Lipinski definition) is 0. The Bertz CT molecular complexity index is 2160. The molecule has 8 aromatic rings. The number of benzene rings is 5. The fraction of sp³-hybridized carbons (Fsp3) is 0. The molecule has 3 heterocycles. The Hall–Kier alpha value is -5.45. The van der Waals surface area contributed by atoms with E-state index < -0.39 is 0 Å². The smallest absolute Gasteiger partial charge is 0.160 e. The molecule has 8 rings (SSSR count). The largest absolute Gasteiger partial charge is 0.256 e. The highest BCUT2D eigenvalue weighted by atomic mass is 32.1. The summed E-state index contributed by atoms with van der Waals surface area (Å²) >= 11 is 1.83. The van der Waals surface area contributed by atoms with E-state index >= 15 is 0 Å². The van der Waals surface area contributed by atoms with E-state index in [0.29, 0.717) is 5.82 Å². The molecule has 0 saturated carbocycles. The minimum absolute atomic E-state index is 0.714. The lowest BCUT2D eigenvalue weighted by Gasteiger charge is -2.12. The number of rotatable bonds is 5. The van der Waals surface area contributed by atoms with Crippen molar-refractivity contribution in [1.82, 2.24) is 15.0 Å². The fourth-order valence-electron chi connectivity index (χ4n) is 5.71. The fourth-order valence-corrected chi connectivity index (χ4v) is 6.85. The average molecular weight is 568 g/mol. The van der Waals surface area contributed by atoms with Crippen molar-refractivity contribution in [3.05, 3.63) is 152 Å². The topological polar surface area (TPSA) is 38.7 Å². The second kappa shape index (κ2) is 10.8. The minimum atomic E-state index is 0.714. The Labute approximate surface area is 253 Å². The van der Waals surface area contributed by atoms with Crippen molar-refractivity contribution in [2.45, 2.75) is 0 Å². The van der Waals surface area contributed by atoms with Crippen LogP contribution in [0.1, 0.15) is 0 Å². The first-order valence-corrected chi connectivity index (χ1v) is 15.1. The van der Waals surface area contributed by atoms with Gasteiger partial charge in [0, 0.05) is 54.2 Å². The van der Waals surface area contributed by atoms with E-state index in [2.05, 4.69) is 103 Å². The van der Waals surface area contributed by atoms with Gasteiger partial charge in [-0.3, -0.25) is 4.98 Å². The lowest BCUT2D eigenvalue weighted by Crippen LogP contribution is -1.96. The van der Waals surface area contributed by atoms with Gasteiger partial charge >= 0.3 is 0 Å². The second-order valence-corrected chi connectivity index (χ2v) is 11.5. The van der Waals surface area contributed by atoms with E-state index in [1.54, 1.807) is 0 Å². The summed E-state index contributed by atoms with van der Waals surface area (Å²) in [5.74, 6) is 0.714. The van der Waals surface area contributed by atoms with Gasteiger partial charge in [-0.2, -0.15) is 0 Å². The number of thiophene rings is 1. The summed E-state index contributed by atoms with van der Waals surface area (Å²) in [6.07, 6.45) is 1.89. The van der Waals surface area contributed by atoms with Gasteiger partial charge in [0.1, 0.15) is 0 Å². The highest BCUT2D eigenvalue weighted by Gasteiger charge is 2.16. The molecule has 202 valence electrons. The molecule has 0 saturated heterocycles. The summed E-state index contributed by atoms with van der Waals surface area (Å²) in [7, 11) is 0. The highest BCUT2D eigenvalue weighted by Crippen LogP contribution is 2.42. The summed E-state index contributed by atoms with van der Waals surface area (Å²) in [5, 5.41) is 2.54. The van der Waals surface area contributed by atoms with Crippen LogP contribution in [-0.2, 0) is 0 Å². The van der Waals surface area contributed by atoms with Crippen LogP contribution in [-0.4, -0.2) is 15.0 Å². The summed E-state index contributed by atoms with van der Waals surface area (Å²) in [6.45, 7) is 0. The van der Waals surface area contributed by atoms with E-state index in [1.807, 2.05) is 60.0 Å². The summed E-state index contributed by atoms with van der Waals surface area (Å²) < 4.78 is 2.57. The van der Waals surface area contributed by atoms with E-state index in [1.165, 1.54) is 20.2 Å². The van der Waals surface area contributed by atoms with Gasteiger partial charge in [-0.15, -0.1) is 11.3 Å². The molecule has 0 aliphatic rings. The van der Waals surface area contributed by atoms with Crippen LogP contribution in [0.5, 0.6) is 0 Å². The molecule has 3 aromatic heterocycles. The van der Waals surface area contributed by atoms with Crippen molar-refractivity contribution in [3.63, 3.8) is 0 Å². The molecule has 43 heavy (non-hydrogen) atoms. The standard InChI is InChI=1S/C39H25N3S/c1-3-11-27(12-4-1)33-25-34(42-39(41-33)29-13-5-2-6-14-29)28-22-20-26(21-23-28)30-17-10-24-40-38(30)32-16-9-19-36-37(32)31-15-7-8-18-35(31)43-36/h1-25H. The molecule has 0 radical (unpaired) electrons. The molecule has 0 fully saturated rings. The third kappa shape index (κ3) is 4.68. The van der Waals surface area contributed by atoms with Crippen LogP contribution in [0.15, 0.2) is 152 Å². The van der Waals surface area contributed by atoms with Crippen molar-refractivity contribution in [3.8, 4) is 56.3 Å². The maximum absolute atomic E-state index is 5.00. The third-order valence-electron chi connectivity index (χ3n) is 7.78. The molecule has 5 aromatic carbocycles. The molecule has 0 bridgehead atoms. The summed E-state index contributed by atoms with van der Waals surface area (Å²) in [4.78, 5) is 14.9. The molecule has 0 atom stereocenters. The molecule has 0 amide bonds. The first kappa shape index (κ1) is 25.3. The molecule has 0 spiro atoms. The first-order valence-electron chi connectivity index (χ1n) is 14.3. The first-order chi connectivity index (χ1) is 21.3. The molecule has 0 aliphatic heterocycles. The van der Waals surface area contributed by atoms with Crippen LogP contribution < -0.4 is 0 Å². The van der Waals surface area contributed by atoms with Gasteiger partial charge in [-0.05, 0) is 29.8 Å². The Balaban J connectivity index is 1.23. The lowest BCUT2D eigenvalue weighted by molar-refractivity contribution is 1.18. The number of pyridine rings is 1. The van der Waals surface area contributed by atoms with Crippen molar-refractivity contribution in [2.24, 2.45) is 0 Å². The highest BCUT2D eigenvalue weighted by molar-refractivity contribution is 7.25. The molecule has 0 unspecified atom stereocenters. The lowest BCUT2D eigenvalue weighted by atomic mass is 9.95. The normalized spacial score (nSPS) is 11.3.